The van der Waals surface area contributed by atoms with E-state index in [1.165, 1.54) is 10.9 Å². The highest BCUT2D eigenvalue weighted by atomic mass is 16.1. The van der Waals surface area contributed by atoms with Crippen LogP contribution in [0.25, 0.3) is 21.8 Å². The third-order valence-electron chi connectivity index (χ3n) is 4.37. The lowest BCUT2D eigenvalue weighted by Gasteiger charge is -2.05. The van der Waals surface area contributed by atoms with Crippen LogP contribution in [0.5, 0.6) is 0 Å². The molecular formula is C20H19N3O. The summed E-state index contributed by atoms with van der Waals surface area (Å²) >= 11 is 0. The summed E-state index contributed by atoms with van der Waals surface area (Å²) in [5, 5.41) is 5.30. The number of nitrogens with one attached hydrogen (secondary N) is 3. The molecule has 3 N–H and O–H groups in total. The summed E-state index contributed by atoms with van der Waals surface area (Å²) in [7, 11) is 0. The molecule has 0 radical (unpaired) electrons. The molecule has 4 heteroatoms. The molecule has 0 saturated heterocycles. The van der Waals surface area contributed by atoms with Gasteiger partial charge in [0, 0.05) is 45.8 Å². The quantitative estimate of drug-likeness (QED) is 0.525. The van der Waals surface area contributed by atoms with Gasteiger partial charge in [0.2, 0.25) is 0 Å². The third kappa shape index (κ3) is 2.67. The number of aromatic amines is 2. The number of para-hydroxylation sites is 1. The molecule has 0 fully saturated rings. The van der Waals surface area contributed by atoms with E-state index in [9.17, 15) is 4.79 Å². The Kier molecular flexibility index (Phi) is 3.58. The second kappa shape index (κ2) is 5.89. The standard InChI is InChI=1S/C20H19N3O/c1-13-10-16-11-14(6-7-18(16)23-13)20(24)21-9-8-15-12-22-19-5-3-2-4-17(15)19/h2-7,10-12,22-23H,8-9H2,1H3,(H,21,24). The Hall–Kier alpha value is -3.01. The second-order valence-corrected chi connectivity index (χ2v) is 6.12. The molecule has 4 nitrogen and oxygen atoms in total. The van der Waals surface area contributed by atoms with Gasteiger partial charge in [-0.05, 0) is 49.2 Å². The van der Waals surface area contributed by atoms with E-state index in [1.54, 1.807) is 0 Å². The summed E-state index contributed by atoms with van der Waals surface area (Å²) in [6, 6.07) is 16.0. The normalized spacial score (nSPS) is 11.2. The van der Waals surface area contributed by atoms with Crippen LogP contribution in [0.3, 0.4) is 0 Å². The van der Waals surface area contributed by atoms with E-state index in [2.05, 4.69) is 33.5 Å². The molecule has 1 amide bonds. The number of carbonyl (C=O) groups is 1. The van der Waals surface area contributed by atoms with Crippen LogP contribution >= 0.6 is 0 Å². The van der Waals surface area contributed by atoms with Crippen LogP contribution < -0.4 is 5.32 Å². The van der Waals surface area contributed by atoms with E-state index in [0.717, 1.165) is 28.5 Å². The van der Waals surface area contributed by atoms with Crippen LogP contribution in [0.1, 0.15) is 21.6 Å². The first-order chi connectivity index (χ1) is 11.7. The molecule has 2 aromatic heterocycles. The zero-order valence-corrected chi connectivity index (χ0v) is 13.5. The summed E-state index contributed by atoms with van der Waals surface area (Å²) in [5.41, 5.74) is 5.21. The van der Waals surface area contributed by atoms with Crippen LogP contribution in [0, 0.1) is 6.92 Å². The minimum absolute atomic E-state index is 0.0319. The number of hydrogen-bond donors (Lipinski definition) is 3. The van der Waals surface area contributed by atoms with Gasteiger partial charge in [-0.1, -0.05) is 18.2 Å². The van der Waals surface area contributed by atoms with E-state index >= 15 is 0 Å². The summed E-state index contributed by atoms with van der Waals surface area (Å²) in [5.74, 6) is -0.0319. The minimum Gasteiger partial charge on any atom is -0.361 e. The minimum atomic E-state index is -0.0319. The number of aryl methyl sites for hydroxylation is 1. The fourth-order valence-corrected chi connectivity index (χ4v) is 3.17. The van der Waals surface area contributed by atoms with Crippen LogP contribution in [0.4, 0.5) is 0 Å². The number of aromatic nitrogens is 2. The van der Waals surface area contributed by atoms with Gasteiger partial charge in [-0.15, -0.1) is 0 Å². The smallest absolute Gasteiger partial charge is 0.251 e. The highest BCUT2D eigenvalue weighted by molar-refractivity contribution is 5.98. The maximum Gasteiger partial charge on any atom is 0.251 e. The van der Waals surface area contributed by atoms with Gasteiger partial charge in [0.05, 0.1) is 0 Å². The molecule has 2 aromatic carbocycles. The van der Waals surface area contributed by atoms with Crippen LogP contribution in [-0.2, 0) is 6.42 Å². The predicted octanol–water partition coefficient (Wildman–Crippen LogP) is 3.93. The number of benzene rings is 2. The lowest BCUT2D eigenvalue weighted by atomic mass is 10.1. The van der Waals surface area contributed by atoms with Gasteiger partial charge in [-0.3, -0.25) is 4.79 Å². The van der Waals surface area contributed by atoms with Crippen molar-refractivity contribution in [3.63, 3.8) is 0 Å². The molecule has 120 valence electrons. The van der Waals surface area contributed by atoms with Crippen molar-refractivity contribution in [2.45, 2.75) is 13.3 Å². The highest BCUT2D eigenvalue weighted by Gasteiger charge is 2.08. The lowest BCUT2D eigenvalue weighted by Crippen LogP contribution is -2.25. The molecule has 4 aromatic rings. The molecule has 0 saturated carbocycles. The average Bonchev–Trinajstić information content (AvgIpc) is 3.16. The van der Waals surface area contributed by atoms with E-state index in [0.29, 0.717) is 12.1 Å². The Morgan fingerprint density at radius 1 is 1.08 bits per heavy atom. The fourth-order valence-electron chi connectivity index (χ4n) is 3.17. The number of amides is 1. The van der Waals surface area contributed by atoms with Gasteiger partial charge in [0.15, 0.2) is 0 Å². The van der Waals surface area contributed by atoms with Crippen molar-refractivity contribution in [2.24, 2.45) is 0 Å². The zero-order chi connectivity index (χ0) is 16.5. The zero-order valence-electron chi connectivity index (χ0n) is 13.5. The first-order valence-electron chi connectivity index (χ1n) is 8.13. The monoisotopic (exact) mass is 317 g/mol. The fraction of sp³-hybridized carbons (Fsp3) is 0.150. The molecule has 2 heterocycles. The predicted molar refractivity (Wildman–Crippen MR) is 97.4 cm³/mol. The van der Waals surface area contributed by atoms with Crippen LogP contribution in [-0.4, -0.2) is 22.4 Å². The van der Waals surface area contributed by atoms with Crippen LogP contribution in [0.2, 0.25) is 0 Å². The van der Waals surface area contributed by atoms with Gasteiger partial charge < -0.3 is 15.3 Å². The molecule has 0 aliphatic heterocycles. The number of H-pyrrole nitrogens is 2. The number of carbonyl (C=O) groups excluding carboxylic acids is 1. The van der Waals surface area contributed by atoms with E-state index in [4.69, 9.17) is 0 Å². The molecule has 24 heavy (non-hydrogen) atoms. The maximum absolute atomic E-state index is 12.4. The van der Waals surface area contributed by atoms with Gasteiger partial charge in [0.1, 0.15) is 0 Å². The molecule has 0 atom stereocenters. The summed E-state index contributed by atoms with van der Waals surface area (Å²) in [6.45, 7) is 2.63. The second-order valence-electron chi connectivity index (χ2n) is 6.12. The maximum atomic E-state index is 12.4. The van der Waals surface area contributed by atoms with Crippen molar-refractivity contribution in [1.29, 1.82) is 0 Å². The first kappa shape index (κ1) is 14.6. The van der Waals surface area contributed by atoms with Crippen molar-refractivity contribution in [1.82, 2.24) is 15.3 Å². The molecule has 0 aliphatic rings. The number of fused-ring (bicyclic) bond motifs is 2. The largest absolute Gasteiger partial charge is 0.361 e. The molecule has 0 unspecified atom stereocenters. The van der Waals surface area contributed by atoms with Crippen molar-refractivity contribution < 1.29 is 4.79 Å². The molecule has 0 spiro atoms. The summed E-state index contributed by atoms with van der Waals surface area (Å²) in [6.07, 6.45) is 2.83. The SMILES string of the molecule is Cc1cc2cc(C(=O)NCCc3c[nH]c4ccccc34)ccc2[nH]1. The van der Waals surface area contributed by atoms with Gasteiger partial charge >= 0.3 is 0 Å². The Balaban J connectivity index is 1.44. The molecular weight excluding hydrogens is 298 g/mol. The van der Waals surface area contributed by atoms with Crippen LogP contribution in [0.15, 0.2) is 54.7 Å². The van der Waals surface area contributed by atoms with E-state index in [1.807, 2.05) is 43.5 Å². The van der Waals surface area contributed by atoms with Crippen molar-refractivity contribution >= 4 is 27.7 Å². The van der Waals surface area contributed by atoms with Gasteiger partial charge in [0.25, 0.3) is 5.91 Å². The Labute approximate surface area is 139 Å². The van der Waals surface area contributed by atoms with Crippen molar-refractivity contribution in [3.05, 3.63) is 71.5 Å². The Morgan fingerprint density at radius 3 is 2.88 bits per heavy atom. The number of hydrogen-bond acceptors (Lipinski definition) is 1. The first-order valence-corrected chi connectivity index (χ1v) is 8.13. The highest BCUT2D eigenvalue weighted by Crippen LogP contribution is 2.18. The molecule has 4 rings (SSSR count). The summed E-state index contributed by atoms with van der Waals surface area (Å²) in [4.78, 5) is 18.9. The van der Waals surface area contributed by atoms with Gasteiger partial charge in [-0.2, -0.15) is 0 Å². The Morgan fingerprint density at radius 2 is 1.96 bits per heavy atom. The average molecular weight is 317 g/mol. The third-order valence-corrected chi connectivity index (χ3v) is 4.37. The Bertz CT molecular complexity index is 1030. The lowest BCUT2D eigenvalue weighted by molar-refractivity contribution is 0.0954. The van der Waals surface area contributed by atoms with Crippen molar-refractivity contribution in [2.75, 3.05) is 6.54 Å². The topological polar surface area (TPSA) is 60.7 Å². The van der Waals surface area contributed by atoms with Gasteiger partial charge in [-0.25, -0.2) is 0 Å². The molecule has 0 aliphatic carbocycles. The van der Waals surface area contributed by atoms with Crippen molar-refractivity contribution in [3.8, 4) is 0 Å². The van der Waals surface area contributed by atoms with E-state index in [-0.39, 0.29) is 5.91 Å². The van der Waals surface area contributed by atoms with E-state index < -0.39 is 0 Å². The molecule has 0 bridgehead atoms. The summed E-state index contributed by atoms with van der Waals surface area (Å²) < 4.78 is 0. The number of rotatable bonds is 4.